The normalized spacial score (nSPS) is 11.5. The van der Waals surface area contributed by atoms with Gasteiger partial charge in [-0.3, -0.25) is 4.79 Å². The SMILES string of the molecule is COCC(=O)Nc1c(C)c(C(C)(C)C)nn1-c1ccccc1. The van der Waals surface area contributed by atoms with E-state index in [0.29, 0.717) is 5.82 Å². The number of anilines is 1. The number of carbonyl (C=O) groups excluding carboxylic acids is 1. The van der Waals surface area contributed by atoms with Crippen LogP contribution < -0.4 is 5.32 Å². The molecule has 0 radical (unpaired) electrons. The van der Waals surface area contributed by atoms with Crippen LogP contribution in [-0.4, -0.2) is 29.4 Å². The highest BCUT2D eigenvalue weighted by Crippen LogP contribution is 2.31. The van der Waals surface area contributed by atoms with Crippen molar-refractivity contribution in [3.8, 4) is 5.69 Å². The largest absolute Gasteiger partial charge is 0.375 e. The summed E-state index contributed by atoms with van der Waals surface area (Å²) in [5.74, 6) is 0.501. The number of methoxy groups -OCH3 is 1. The zero-order chi connectivity index (χ0) is 16.3. The minimum atomic E-state index is -0.192. The summed E-state index contributed by atoms with van der Waals surface area (Å²) in [6.45, 7) is 8.33. The Morgan fingerprint density at radius 2 is 1.91 bits per heavy atom. The Morgan fingerprint density at radius 1 is 1.27 bits per heavy atom. The van der Waals surface area contributed by atoms with E-state index in [1.54, 1.807) is 4.68 Å². The summed E-state index contributed by atoms with van der Waals surface area (Å²) in [4.78, 5) is 11.9. The molecule has 0 aliphatic rings. The van der Waals surface area contributed by atoms with Crippen LogP contribution in [0.2, 0.25) is 0 Å². The lowest BCUT2D eigenvalue weighted by Crippen LogP contribution is -2.20. The lowest BCUT2D eigenvalue weighted by atomic mass is 9.90. The Balaban J connectivity index is 2.53. The van der Waals surface area contributed by atoms with Crippen molar-refractivity contribution in [1.29, 1.82) is 0 Å². The van der Waals surface area contributed by atoms with Crippen LogP contribution in [0.4, 0.5) is 5.82 Å². The topological polar surface area (TPSA) is 56.1 Å². The number of ether oxygens (including phenoxy) is 1. The molecule has 0 aliphatic carbocycles. The number of nitrogens with zero attached hydrogens (tertiary/aromatic N) is 2. The smallest absolute Gasteiger partial charge is 0.251 e. The fourth-order valence-electron chi connectivity index (χ4n) is 2.41. The van der Waals surface area contributed by atoms with Crippen molar-refractivity contribution in [1.82, 2.24) is 9.78 Å². The van der Waals surface area contributed by atoms with Gasteiger partial charge in [-0.05, 0) is 19.1 Å². The first-order chi connectivity index (χ1) is 10.3. The lowest BCUT2D eigenvalue weighted by molar-refractivity contribution is -0.119. The molecule has 22 heavy (non-hydrogen) atoms. The molecule has 2 aromatic rings. The molecular weight excluding hydrogens is 278 g/mol. The van der Waals surface area contributed by atoms with Gasteiger partial charge in [0, 0.05) is 18.1 Å². The van der Waals surface area contributed by atoms with Crippen LogP contribution in [0, 0.1) is 6.92 Å². The third-order valence-electron chi connectivity index (χ3n) is 3.37. The van der Waals surface area contributed by atoms with E-state index in [2.05, 4.69) is 26.1 Å². The number of rotatable bonds is 4. The number of carbonyl (C=O) groups is 1. The standard InChI is InChI=1S/C17H23N3O2/c1-12-15(17(2,3)4)19-20(13-9-7-6-8-10-13)16(12)18-14(21)11-22-5/h6-10H,11H2,1-5H3,(H,18,21). The zero-order valence-corrected chi connectivity index (χ0v) is 13.8. The molecule has 2 rings (SSSR count). The number of nitrogens with one attached hydrogen (secondary N) is 1. The van der Waals surface area contributed by atoms with E-state index in [1.165, 1.54) is 7.11 Å². The van der Waals surface area contributed by atoms with E-state index in [9.17, 15) is 4.79 Å². The first kappa shape index (κ1) is 16.2. The highest BCUT2D eigenvalue weighted by atomic mass is 16.5. The Hall–Kier alpha value is -2.14. The predicted molar refractivity (Wildman–Crippen MR) is 87.5 cm³/mol. The van der Waals surface area contributed by atoms with Crippen LogP contribution in [0.5, 0.6) is 0 Å². The molecule has 1 aromatic carbocycles. The molecule has 0 bridgehead atoms. The summed E-state index contributed by atoms with van der Waals surface area (Å²) in [6, 6.07) is 9.77. The van der Waals surface area contributed by atoms with Crippen molar-refractivity contribution in [2.75, 3.05) is 19.0 Å². The molecular formula is C17H23N3O2. The van der Waals surface area contributed by atoms with Crippen molar-refractivity contribution >= 4 is 11.7 Å². The van der Waals surface area contributed by atoms with Crippen LogP contribution in [-0.2, 0) is 14.9 Å². The van der Waals surface area contributed by atoms with Crippen LogP contribution in [0.25, 0.3) is 5.69 Å². The van der Waals surface area contributed by atoms with Crippen LogP contribution in [0.1, 0.15) is 32.0 Å². The van der Waals surface area contributed by atoms with Gasteiger partial charge in [-0.15, -0.1) is 0 Å². The third kappa shape index (κ3) is 3.36. The second-order valence-electron chi connectivity index (χ2n) is 6.30. The van der Waals surface area contributed by atoms with Crippen molar-refractivity contribution in [3.63, 3.8) is 0 Å². The minimum absolute atomic E-state index is 0.0181. The molecule has 1 amide bonds. The molecule has 0 spiro atoms. The second kappa shape index (κ2) is 6.32. The number of benzene rings is 1. The fraction of sp³-hybridized carbons (Fsp3) is 0.412. The van der Waals surface area contributed by atoms with Gasteiger partial charge in [0.25, 0.3) is 5.91 Å². The predicted octanol–water partition coefficient (Wildman–Crippen LogP) is 3.06. The van der Waals surface area contributed by atoms with Gasteiger partial charge in [-0.2, -0.15) is 5.10 Å². The summed E-state index contributed by atoms with van der Waals surface area (Å²) in [5.41, 5.74) is 2.74. The van der Waals surface area contributed by atoms with Gasteiger partial charge < -0.3 is 10.1 Å². The van der Waals surface area contributed by atoms with Gasteiger partial charge in [0.1, 0.15) is 12.4 Å². The minimum Gasteiger partial charge on any atom is -0.375 e. The second-order valence-corrected chi connectivity index (χ2v) is 6.30. The maximum absolute atomic E-state index is 11.9. The Morgan fingerprint density at radius 3 is 2.45 bits per heavy atom. The number of para-hydroxylation sites is 1. The van der Waals surface area contributed by atoms with Gasteiger partial charge in [0.05, 0.1) is 11.4 Å². The van der Waals surface area contributed by atoms with Gasteiger partial charge in [-0.1, -0.05) is 39.0 Å². The van der Waals surface area contributed by atoms with E-state index in [-0.39, 0.29) is 17.9 Å². The molecule has 1 aromatic heterocycles. The van der Waals surface area contributed by atoms with Crippen molar-refractivity contribution in [2.24, 2.45) is 0 Å². The molecule has 0 unspecified atom stereocenters. The van der Waals surface area contributed by atoms with E-state index in [0.717, 1.165) is 16.9 Å². The van der Waals surface area contributed by atoms with Crippen LogP contribution in [0.15, 0.2) is 30.3 Å². The monoisotopic (exact) mass is 301 g/mol. The van der Waals surface area contributed by atoms with Gasteiger partial charge in [0.15, 0.2) is 0 Å². The van der Waals surface area contributed by atoms with E-state index in [1.807, 2.05) is 37.3 Å². The average molecular weight is 301 g/mol. The Labute approximate surface area is 131 Å². The summed E-state index contributed by atoms with van der Waals surface area (Å²) in [7, 11) is 1.50. The molecule has 0 fully saturated rings. The molecule has 1 heterocycles. The molecule has 1 N–H and O–H groups in total. The fourth-order valence-corrected chi connectivity index (χ4v) is 2.41. The van der Waals surface area contributed by atoms with Crippen LogP contribution >= 0.6 is 0 Å². The molecule has 5 heteroatoms. The molecule has 0 atom stereocenters. The highest BCUT2D eigenvalue weighted by Gasteiger charge is 2.25. The molecule has 0 aliphatic heterocycles. The summed E-state index contributed by atoms with van der Waals surface area (Å²) < 4.78 is 6.67. The molecule has 0 saturated carbocycles. The van der Waals surface area contributed by atoms with Crippen molar-refractivity contribution < 1.29 is 9.53 Å². The average Bonchev–Trinajstić information content (AvgIpc) is 2.77. The number of amides is 1. The first-order valence-corrected chi connectivity index (χ1v) is 7.29. The molecule has 118 valence electrons. The Kier molecular flexibility index (Phi) is 4.66. The lowest BCUT2D eigenvalue weighted by Gasteiger charge is -2.16. The van der Waals surface area contributed by atoms with Crippen molar-refractivity contribution in [3.05, 3.63) is 41.6 Å². The summed E-state index contributed by atoms with van der Waals surface area (Å²) in [6.07, 6.45) is 0. The summed E-state index contributed by atoms with van der Waals surface area (Å²) in [5, 5.41) is 7.63. The van der Waals surface area contributed by atoms with E-state index in [4.69, 9.17) is 9.84 Å². The third-order valence-corrected chi connectivity index (χ3v) is 3.37. The number of hydrogen-bond donors (Lipinski definition) is 1. The van der Waals surface area contributed by atoms with Crippen molar-refractivity contribution in [2.45, 2.75) is 33.1 Å². The van der Waals surface area contributed by atoms with E-state index >= 15 is 0 Å². The number of aromatic nitrogens is 2. The van der Waals surface area contributed by atoms with Gasteiger partial charge >= 0.3 is 0 Å². The highest BCUT2D eigenvalue weighted by molar-refractivity contribution is 5.92. The maximum Gasteiger partial charge on any atom is 0.251 e. The van der Waals surface area contributed by atoms with Gasteiger partial charge in [0.2, 0.25) is 0 Å². The summed E-state index contributed by atoms with van der Waals surface area (Å²) >= 11 is 0. The zero-order valence-electron chi connectivity index (χ0n) is 13.8. The first-order valence-electron chi connectivity index (χ1n) is 7.29. The maximum atomic E-state index is 11.9. The number of hydrogen-bond acceptors (Lipinski definition) is 3. The van der Waals surface area contributed by atoms with E-state index < -0.39 is 0 Å². The van der Waals surface area contributed by atoms with Crippen LogP contribution in [0.3, 0.4) is 0 Å². The van der Waals surface area contributed by atoms with Gasteiger partial charge in [-0.25, -0.2) is 4.68 Å². The quantitative estimate of drug-likeness (QED) is 0.944. The Bertz CT molecular complexity index is 655. The molecule has 5 nitrogen and oxygen atoms in total. The molecule has 0 saturated heterocycles.